The van der Waals surface area contributed by atoms with Crippen LogP contribution in [0.1, 0.15) is 6.92 Å². The molecule has 0 aliphatic rings. The van der Waals surface area contributed by atoms with Crippen molar-refractivity contribution >= 4 is 22.4 Å². The molecule has 1 aromatic heterocycles. The zero-order valence-electron chi connectivity index (χ0n) is 8.97. The lowest BCUT2D eigenvalue weighted by Crippen LogP contribution is -2.32. The standard InChI is InChI=1S/C12H13N3O/c1-8(13)12(16)15-11-3-2-9-4-5-14-7-10(9)6-11/h2-8H,13H2,1H3,(H,15,16)/t8-/m1/s1. The molecule has 0 fully saturated rings. The van der Waals surface area contributed by atoms with E-state index in [0.29, 0.717) is 0 Å². The van der Waals surface area contributed by atoms with E-state index < -0.39 is 6.04 Å². The second-order valence-electron chi connectivity index (χ2n) is 3.72. The molecule has 3 N–H and O–H groups in total. The number of rotatable bonds is 2. The summed E-state index contributed by atoms with van der Waals surface area (Å²) in [5.74, 6) is -0.191. The quantitative estimate of drug-likeness (QED) is 0.798. The monoisotopic (exact) mass is 215 g/mol. The molecule has 4 heteroatoms. The molecule has 0 radical (unpaired) electrons. The molecule has 0 aliphatic heterocycles. The molecule has 2 rings (SSSR count). The number of nitrogens with one attached hydrogen (secondary N) is 1. The van der Waals surface area contributed by atoms with Crippen molar-refractivity contribution in [2.45, 2.75) is 13.0 Å². The number of aromatic nitrogens is 1. The average molecular weight is 215 g/mol. The van der Waals surface area contributed by atoms with Crippen LogP contribution < -0.4 is 11.1 Å². The summed E-state index contributed by atoms with van der Waals surface area (Å²) in [4.78, 5) is 15.4. The number of fused-ring (bicyclic) bond motifs is 1. The van der Waals surface area contributed by atoms with Gasteiger partial charge in [-0.2, -0.15) is 0 Å². The highest BCUT2D eigenvalue weighted by molar-refractivity contribution is 5.96. The lowest BCUT2D eigenvalue weighted by molar-refractivity contribution is -0.117. The van der Waals surface area contributed by atoms with Crippen molar-refractivity contribution in [1.29, 1.82) is 0 Å². The first kappa shape index (κ1) is 10.6. The Labute approximate surface area is 93.5 Å². The van der Waals surface area contributed by atoms with Gasteiger partial charge >= 0.3 is 0 Å². The molecule has 0 saturated carbocycles. The molecule has 0 aliphatic carbocycles. The molecule has 0 unspecified atom stereocenters. The first-order chi connectivity index (χ1) is 7.66. The highest BCUT2D eigenvalue weighted by Crippen LogP contribution is 2.17. The van der Waals surface area contributed by atoms with Crippen molar-refractivity contribution in [2.24, 2.45) is 5.73 Å². The van der Waals surface area contributed by atoms with Crippen LogP contribution in [0, 0.1) is 0 Å². The van der Waals surface area contributed by atoms with E-state index in [4.69, 9.17) is 5.73 Å². The van der Waals surface area contributed by atoms with Crippen molar-refractivity contribution in [3.8, 4) is 0 Å². The number of nitrogens with zero attached hydrogens (tertiary/aromatic N) is 1. The van der Waals surface area contributed by atoms with Gasteiger partial charge < -0.3 is 11.1 Å². The smallest absolute Gasteiger partial charge is 0.240 e. The summed E-state index contributed by atoms with van der Waals surface area (Å²) >= 11 is 0. The summed E-state index contributed by atoms with van der Waals surface area (Å²) in [7, 11) is 0. The lowest BCUT2D eigenvalue weighted by Gasteiger charge is -2.08. The molecule has 0 bridgehead atoms. The maximum atomic E-state index is 11.4. The van der Waals surface area contributed by atoms with Crippen LogP contribution in [0.5, 0.6) is 0 Å². The molecule has 1 aromatic carbocycles. The molecule has 1 amide bonds. The SMILES string of the molecule is C[C@@H](N)C(=O)Nc1ccc2ccncc2c1. The Morgan fingerprint density at radius 1 is 1.38 bits per heavy atom. The number of hydrogen-bond donors (Lipinski definition) is 2. The van der Waals surface area contributed by atoms with E-state index in [0.717, 1.165) is 16.5 Å². The van der Waals surface area contributed by atoms with Crippen LogP contribution in [0.3, 0.4) is 0 Å². The number of pyridine rings is 1. The summed E-state index contributed by atoms with van der Waals surface area (Å²) in [5, 5.41) is 4.82. The molecule has 2 aromatic rings. The topological polar surface area (TPSA) is 68.0 Å². The minimum atomic E-state index is -0.510. The van der Waals surface area contributed by atoms with E-state index in [1.165, 1.54) is 0 Å². The van der Waals surface area contributed by atoms with Gasteiger partial charge in [-0.15, -0.1) is 0 Å². The fraction of sp³-hybridized carbons (Fsp3) is 0.167. The number of hydrogen-bond acceptors (Lipinski definition) is 3. The van der Waals surface area contributed by atoms with Crippen LogP contribution >= 0.6 is 0 Å². The van der Waals surface area contributed by atoms with Crippen LogP contribution in [0.25, 0.3) is 10.8 Å². The molecule has 4 nitrogen and oxygen atoms in total. The molecule has 0 spiro atoms. The van der Waals surface area contributed by atoms with Crippen molar-refractivity contribution in [2.75, 3.05) is 5.32 Å². The number of anilines is 1. The Balaban J connectivity index is 2.29. The Kier molecular flexibility index (Phi) is 2.83. The summed E-state index contributed by atoms with van der Waals surface area (Å²) in [6, 6.07) is 7.08. The summed E-state index contributed by atoms with van der Waals surface area (Å²) < 4.78 is 0. The van der Waals surface area contributed by atoms with Crippen molar-refractivity contribution in [3.63, 3.8) is 0 Å². The van der Waals surface area contributed by atoms with Crippen molar-refractivity contribution in [1.82, 2.24) is 4.98 Å². The van der Waals surface area contributed by atoms with Crippen LogP contribution in [-0.4, -0.2) is 16.9 Å². The van der Waals surface area contributed by atoms with Gasteiger partial charge in [0.2, 0.25) is 5.91 Å². The fourth-order valence-electron chi connectivity index (χ4n) is 1.42. The molecular weight excluding hydrogens is 202 g/mol. The van der Waals surface area contributed by atoms with Crippen molar-refractivity contribution in [3.05, 3.63) is 36.7 Å². The molecule has 1 heterocycles. The predicted octanol–water partition coefficient (Wildman–Crippen LogP) is 1.52. The van der Waals surface area contributed by atoms with E-state index in [9.17, 15) is 4.79 Å². The van der Waals surface area contributed by atoms with E-state index >= 15 is 0 Å². The largest absolute Gasteiger partial charge is 0.325 e. The van der Waals surface area contributed by atoms with E-state index in [-0.39, 0.29) is 5.91 Å². The van der Waals surface area contributed by atoms with Gasteiger partial charge in [0.1, 0.15) is 0 Å². The van der Waals surface area contributed by atoms with Gasteiger partial charge in [0.15, 0.2) is 0 Å². The summed E-state index contributed by atoms with van der Waals surface area (Å²) in [6.45, 7) is 1.65. The van der Waals surface area contributed by atoms with Gasteiger partial charge in [-0.1, -0.05) is 6.07 Å². The normalized spacial score (nSPS) is 12.4. The highest BCUT2D eigenvalue weighted by atomic mass is 16.2. The van der Waals surface area contributed by atoms with Crippen LogP contribution in [0.15, 0.2) is 36.7 Å². The van der Waals surface area contributed by atoms with Crippen LogP contribution in [0.4, 0.5) is 5.69 Å². The number of benzene rings is 1. The molecule has 16 heavy (non-hydrogen) atoms. The van der Waals surface area contributed by atoms with E-state index in [1.54, 1.807) is 19.3 Å². The Hall–Kier alpha value is -1.94. The Bertz CT molecular complexity index is 522. The van der Waals surface area contributed by atoms with Gasteiger partial charge in [0.05, 0.1) is 6.04 Å². The van der Waals surface area contributed by atoms with Gasteiger partial charge in [-0.3, -0.25) is 9.78 Å². The number of amides is 1. The molecule has 1 atom stereocenters. The summed E-state index contributed by atoms with van der Waals surface area (Å²) in [5.41, 5.74) is 6.21. The van der Waals surface area contributed by atoms with E-state index in [2.05, 4.69) is 10.3 Å². The molecule has 0 saturated heterocycles. The molecular formula is C12H13N3O. The minimum Gasteiger partial charge on any atom is -0.325 e. The molecule has 82 valence electrons. The van der Waals surface area contributed by atoms with Gasteiger partial charge in [-0.05, 0) is 30.5 Å². The first-order valence-corrected chi connectivity index (χ1v) is 5.07. The second kappa shape index (κ2) is 4.28. The highest BCUT2D eigenvalue weighted by Gasteiger charge is 2.07. The van der Waals surface area contributed by atoms with Gasteiger partial charge in [-0.25, -0.2) is 0 Å². The zero-order chi connectivity index (χ0) is 11.5. The number of nitrogens with two attached hydrogens (primary N) is 1. The first-order valence-electron chi connectivity index (χ1n) is 5.07. The maximum Gasteiger partial charge on any atom is 0.240 e. The Morgan fingerprint density at radius 3 is 2.94 bits per heavy atom. The minimum absolute atomic E-state index is 0.191. The third-order valence-corrected chi connectivity index (χ3v) is 2.32. The van der Waals surface area contributed by atoms with E-state index in [1.807, 2.05) is 24.3 Å². The van der Waals surface area contributed by atoms with Crippen LogP contribution in [0.2, 0.25) is 0 Å². The van der Waals surface area contributed by atoms with Gasteiger partial charge in [0, 0.05) is 23.5 Å². The third kappa shape index (κ3) is 2.17. The predicted molar refractivity (Wildman–Crippen MR) is 64.0 cm³/mol. The number of carbonyl (C=O) groups is 1. The van der Waals surface area contributed by atoms with Gasteiger partial charge in [0.25, 0.3) is 0 Å². The lowest BCUT2D eigenvalue weighted by atomic mass is 10.1. The zero-order valence-corrected chi connectivity index (χ0v) is 8.97. The van der Waals surface area contributed by atoms with Crippen LogP contribution in [-0.2, 0) is 4.79 Å². The second-order valence-corrected chi connectivity index (χ2v) is 3.72. The average Bonchev–Trinajstić information content (AvgIpc) is 2.28. The Morgan fingerprint density at radius 2 is 2.19 bits per heavy atom. The maximum absolute atomic E-state index is 11.4. The summed E-state index contributed by atoms with van der Waals surface area (Å²) in [6.07, 6.45) is 3.50. The number of carbonyl (C=O) groups excluding carboxylic acids is 1. The fourth-order valence-corrected chi connectivity index (χ4v) is 1.42. The third-order valence-electron chi connectivity index (χ3n) is 2.32. The van der Waals surface area contributed by atoms with Crippen molar-refractivity contribution < 1.29 is 4.79 Å².